The number of likely N-dealkylation sites (tertiary alicyclic amines) is 1. The molecule has 1 aliphatic rings. The van der Waals surface area contributed by atoms with Crippen molar-refractivity contribution in [3.05, 3.63) is 48.0 Å². The van der Waals surface area contributed by atoms with E-state index in [4.69, 9.17) is 0 Å². The van der Waals surface area contributed by atoms with Crippen LogP contribution in [0.5, 0.6) is 0 Å². The largest absolute Gasteiger partial charge is 0.354 e. The zero-order valence-corrected chi connectivity index (χ0v) is 19.2. The second-order valence-corrected chi connectivity index (χ2v) is 8.98. The van der Waals surface area contributed by atoms with E-state index in [0.29, 0.717) is 6.42 Å². The van der Waals surface area contributed by atoms with Crippen molar-refractivity contribution in [3.8, 4) is 0 Å². The number of hydrogen-bond donors (Lipinski definition) is 2. The summed E-state index contributed by atoms with van der Waals surface area (Å²) in [6, 6.07) is 13.4. The molecule has 1 saturated heterocycles. The molecule has 3 amide bonds. The van der Waals surface area contributed by atoms with E-state index < -0.39 is 6.04 Å². The highest BCUT2D eigenvalue weighted by Crippen LogP contribution is 2.16. The second kappa shape index (κ2) is 11.7. The molecule has 0 spiro atoms. The Hall–Kier alpha value is -2.89. The lowest BCUT2D eigenvalue weighted by molar-refractivity contribution is -0.132. The van der Waals surface area contributed by atoms with E-state index in [9.17, 15) is 14.4 Å². The van der Waals surface area contributed by atoms with E-state index in [1.807, 2.05) is 61.2 Å². The van der Waals surface area contributed by atoms with Gasteiger partial charge in [0.15, 0.2) is 0 Å². The molecule has 1 aliphatic heterocycles. The van der Waals surface area contributed by atoms with Gasteiger partial charge in [-0.15, -0.1) is 0 Å². The smallest absolute Gasteiger partial charge is 0.242 e. The van der Waals surface area contributed by atoms with Crippen molar-refractivity contribution >= 4 is 28.5 Å². The van der Waals surface area contributed by atoms with Crippen molar-refractivity contribution in [3.63, 3.8) is 0 Å². The van der Waals surface area contributed by atoms with E-state index >= 15 is 0 Å². The summed E-state index contributed by atoms with van der Waals surface area (Å²) < 4.78 is 0. The fourth-order valence-electron chi connectivity index (χ4n) is 4.17. The number of benzene rings is 2. The Labute approximate surface area is 190 Å². The number of amides is 3. The lowest BCUT2D eigenvalue weighted by Gasteiger charge is -2.23. The first kappa shape index (κ1) is 23.8. The highest BCUT2D eigenvalue weighted by atomic mass is 16.2. The van der Waals surface area contributed by atoms with Gasteiger partial charge in [-0.25, -0.2) is 0 Å². The van der Waals surface area contributed by atoms with Crippen LogP contribution in [0.25, 0.3) is 10.8 Å². The Morgan fingerprint density at radius 2 is 1.62 bits per heavy atom. The van der Waals surface area contributed by atoms with Crippen LogP contribution in [0.2, 0.25) is 0 Å². The molecule has 0 radical (unpaired) electrons. The highest BCUT2D eigenvalue weighted by molar-refractivity contribution is 5.90. The number of nitrogens with zero attached hydrogens (tertiary/aromatic N) is 1. The van der Waals surface area contributed by atoms with Gasteiger partial charge in [-0.1, -0.05) is 69.2 Å². The zero-order valence-electron chi connectivity index (χ0n) is 19.2. The molecule has 1 fully saturated rings. The Kier molecular flexibility index (Phi) is 8.65. The minimum Gasteiger partial charge on any atom is -0.354 e. The maximum Gasteiger partial charge on any atom is 0.242 e. The maximum atomic E-state index is 12.7. The fraction of sp³-hybridized carbons (Fsp3) is 0.500. The van der Waals surface area contributed by atoms with Crippen LogP contribution in [0.3, 0.4) is 0 Å². The van der Waals surface area contributed by atoms with Gasteiger partial charge in [-0.3, -0.25) is 14.4 Å². The Bertz CT molecular complexity index is 933. The van der Waals surface area contributed by atoms with Crippen LogP contribution in [0, 0.1) is 5.92 Å². The standard InChI is InChI=1S/C26H35N3O3/c1-19(2)25(26(32)27-14-13-24(31)29-15-7-3-4-8-16-29)28-23(30)18-20-11-12-21-9-5-6-10-22(21)17-20/h5-6,9-12,17,19,25H,3-4,7-8,13-16,18H2,1-2H3,(H,27,32)(H,28,30). The van der Waals surface area contributed by atoms with Gasteiger partial charge in [0.2, 0.25) is 17.7 Å². The molecule has 32 heavy (non-hydrogen) atoms. The van der Waals surface area contributed by atoms with Crippen LogP contribution in [0.4, 0.5) is 0 Å². The van der Waals surface area contributed by atoms with Gasteiger partial charge >= 0.3 is 0 Å². The molecular formula is C26H35N3O3. The summed E-state index contributed by atoms with van der Waals surface area (Å²) in [4.78, 5) is 39.7. The van der Waals surface area contributed by atoms with E-state index in [1.165, 1.54) is 12.8 Å². The summed E-state index contributed by atoms with van der Waals surface area (Å²) in [5.41, 5.74) is 0.909. The van der Waals surface area contributed by atoms with Gasteiger partial charge in [-0.2, -0.15) is 0 Å². The molecule has 3 rings (SSSR count). The van der Waals surface area contributed by atoms with Crippen LogP contribution in [0.15, 0.2) is 42.5 Å². The third-order valence-electron chi connectivity index (χ3n) is 6.04. The normalized spacial score (nSPS) is 15.3. The predicted octanol–water partition coefficient (Wildman–Crippen LogP) is 3.43. The topological polar surface area (TPSA) is 78.5 Å². The molecule has 1 atom stereocenters. The first-order chi connectivity index (χ1) is 15.4. The molecule has 0 saturated carbocycles. The van der Waals surface area contributed by atoms with Gasteiger partial charge in [0.1, 0.15) is 6.04 Å². The van der Waals surface area contributed by atoms with Crippen LogP contribution in [-0.2, 0) is 20.8 Å². The molecule has 1 heterocycles. The number of fused-ring (bicyclic) bond motifs is 1. The van der Waals surface area contributed by atoms with Crippen LogP contribution >= 0.6 is 0 Å². The first-order valence-corrected chi connectivity index (χ1v) is 11.8. The minimum atomic E-state index is -0.628. The Morgan fingerprint density at radius 3 is 2.31 bits per heavy atom. The molecule has 2 N–H and O–H groups in total. The second-order valence-electron chi connectivity index (χ2n) is 8.98. The molecule has 2 aromatic carbocycles. The third-order valence-corrected chi connectivity index (χ3v) is 6.04. The summed E-state index contributed by atoms with van der Waals surface area (Å²) in [5, 5.41) is 7.94. The zero-order chi connectivity index (χ0) is 22.9. The van der Waals surface area contributed by atoms with E-state index in [2.05, 4.69) is 10.6 Å². The summed E-state index contributed by atoms with van der Waals surface area (Å²) in [5.74, 6) is -0.393. The summed E-state index contributed by atoms with van der Waals surface area (Å²) >= 11 is 0. The van der Waals surface area contributed by atoms with Crippen LogP contribution < -0.4 is 10.6 Å². The van der Waals surface area contributed by atoms with E-state index in [0.717, 1.165) is 42.3 Å². The summed E-state index contributed by atoms with van der Waals surface area (Å²) in [7, 11) is 0. The van der Waals surface area contributed by atoms with Gasteiger partial charge in [-0.05, 0) is 35.1 Å². The first-order valence-electron chi connectivity index (χ1n) is 11.8. The molecule has 172 valence electrons. The molecule has 0 bridgehead atoms. The van der Waals surface area contributed by atoms with E-state index in [1.54, 1.807) is 0 Å². The average molecular weight is 438 g/mol. The van der Waals surface area contributed by atoms with Crippen LogP contribution in [-0.4, -0.2) is 48.3 Å². The molecule has 6 heteroatoms. The maximum absolute atomic E-state index is 12.7. The SMILES string of the molecule is CC(C)C(NC(=O)Cc1ccc2ccccc2c1)C(=O)NCCC(=O)N1CCCCCC1. The summed E-state index contributed by atoms with van der Waals surface area (Å²) in [6.07, 6.45) is 4.97. The van der Waals surface area contributed by atoms with Gasteiger partial charge in [0, 0.05) is 26.1 Å². The molecular weight excluding hydrogens is 402 g/mol. The molecule has 0 aromatic heterocycles. The lowest BCUT2D eigenvalue weighted by atomic mass is 10.0. The third kappa shape index (κ3) is 6.81. The monoisotopic (exact) mass is 437 g/mol. The average Bonchev–Trinajstić information content (AvgIpc) is 3.06. The van der Waals surface area contributed by atoms with Crippen molar-refractivity contribution in [2.75, 3.05) is 19.6 Å². The van der Waals surface area contributed by atoms with E-state index in [-0.39, 0.29) is 36.6 Å². The Morgan fingerprint density at radius 1 is 0.938 bits per heavy atom. The molecule has 6 nitrogen and oxygen atoms in total. The quantitative estimate of drug-likeness (QED) is 0.664. The molecule has 2 aromatic rings. The highest BCUT2D eigenvalue weighted by Gasteiger charge is 2.24. The van der Waals surface area contributed by atoms with Crippen molar-refractivity contribution in [2.24, 2.45) is 5.92 Å². The fourth-order valence-corrected chi connectivity index (χ4v) is 4.17. The van der Waals surface area contributed by atoms with Gasteiger partial charge in [0.05, 0.1) is 6.42 Å². The number of carbonyl (C=O) groups is 3. The lowest BCUT2D eigenvalue weighted by Crippen LogP contribution is -2.50. The number of hydrogen-bond acceptors (Lipinski definition) is 3. The Balaban J connectivity index is 1.49. The number of rotatable bonds is 8. The van der Waals surface area contributed by atoms with Gasteiger partial charge < -0.3 is 15.5 Å². The van der Waals surface area contributed by atoms with Crippen molar-refractivity contribution in [1.82, 2.24) is 15.5 Å². The minimum absolute atomic E-state index is 0.0585. The van der Waals surface area contributed by atoms with Crippen molar-refractivity contribution < 1.29 is 14.4 Å². The molecule has 0 aliphatic carbocycles. The number of nitrogens with one attached hydrogen (secondary N) is 2. The van der Waals surface area contributed by atoms with Crippen LogP contribution in [0.1, 0.15) is 51.5 Å². The number of carbonyl (C=O) groups excluding carboxylic acids is 3. The molecule has 1 unspecified atom stereocenters. The van der Waals surface area contributed by atoms with Crippen molar-refractivity contribution in [2.45, 2.75) is 58.4 Å². The van der Waals surface area contributed by atoms with Gasteiger partial charge in [0.25, 0.3) is 0 Å². The van der Waals surface area contributed by atoms with Crippen molar-refractivity contribution in [1.29, 1.82) is 0 Å². The predicted molar refractivity (Wildman–Crippen MR) is 127 cm³/mol. The summed E-state index contributed by atoms with van der Waals surface area (Å²) in [6.45, 7) is 5.72.